The maximum atomic E-state index is 12.9. The molecule has 0 saturated carbocycles. The number of hydrogen-bond acceptors (Lipinski definition) is 3. The highest BCUT2D eigenvalue weighted by Gasteiger charge is 2.13. The Morgan fingerprint density at radius 3 is 2.61 bits per heavy atom. The number of guanidine groups is 1. The van der Waals surface area contributed by atoms with Crippen LogP contribution in [-0.2, 0) is 13.5 Å². The number of thioether (sulfide) groups is 1. The first-order chi connectivity index (χ1) is 13.4. The van der Waals surface area contributed by atoms with E-state index in [1.165, 1.54) is 23.4 Å². The Hall–Kier alpha value is -2.02. The quantitative estimate of drug-likeness (QED) is 0.288. The van der Waals surface area contributed by atoms with E-state index in [4.69, 9.17) is 4.99 Å². The average molecular weight is 406 g/mol. The van der Waals surface area contributed by atoms with E-state index in [9.17, 15) is 4.39 Å². The van der Waals surface area contributed by atoms with E-state index < -0.39 is 0 Å². The molecule has 0 aliphatic carbocycles. The predicted octanol–water partition coefficient (Wildman–Crippen LogP) is 3.84. The second kappa shape index (κ2) is 11.1. The number of hydrogen-bond donors (Lipinski definition) is 2. The van der Waals surface area contributed by atoms with Crippen molar-refractivity contribution in [2.24, 2.45) is 12.0 Å². The zero-order valence-electron chi connectivity index (χ0n) is 17.6. The van der Waals surface area contributed by atoms with Gasteiger partial charge in [-0.05, 0) is 76.1 Å². The van der Waals surface area contributed by atoms with E-state index >= 15 is 0 Å². The lowest BCUT2D eigenvalue weighted by molar-refractivity contribution is 0.626. The van der Waals surface area contributed by atoms with E-state index in [1.54, 1.807) is 11.8 Å². The molecule has 1 heterocycles. The van der Waals surface area contributed by atoms with Crippen molar-refractivity contribution in [1.82, 2.24) is 20.4 Å². The van der Waals surface area contributed by atoms with Crippen LogP contribution in [0, 0.1) is 19.7 Å². The van der Waals surface area contributed by atoms with Crippen LogP contribution in [0.4, 0.5) is 4.39 Å². The fourth-order valence-corrected chi connectivity index (χ4v) is 3.84. The molecule has 2 aromatic rings. The summed E-state index contributed by atoms with van der Waals surface area (Å²) in [5.74, 6) is 1.61. The lowest BCUT2D eigenvalue weighted by Crippen LogP contribution is -2.43. The number of nitrogens with zero attached hydrogens (tertiary/aromatic N) is 3. The zero-order chi connectivity index (χ0) is 20.5. The summed E-state index contributed by atoms with van der Waals surface area (Å²) in [4.78, 5) is 5.78. The van der Waals surface area contributed by atoms with Crippen LogP contribution < -0.4 is 10.6 Å². The van der Waals surface area contributed by atoms with Crippen LogP contribution in [-0.4, -0.2) is 40.6 Å². The third-order valence-corrected chi connectivity index (χ3v) is 5.65. The van der Waals surface area contributed by atoms with Gasteiger partial charge >= 0.3 is 0 Å². The molecule has 0 spiro atoms. The third-order valence-electron chi connectivity index (χ3n) is 4.55. The molecule has 7 heteroatoms. The monoisotopic (exact) mass is 405 g/mol. The Morgan fingerprint density at radius 1 is 1.29 bits per heavy atom. The van der Waals surface area contributed by atoms with Gasteiger partial charge in [0.05, 0.1) is 5.69 Å². The largest absolute Gasteiger partial charge is 0.357 e. The van der Waals surface area contributed by atoms with Crippen LogP contribution in [0.2, 0.25) is 0 Å². The SMILES string of the molecule is CCNC(=NCCCSc1ccc(F)cc1)NC(C)Cc1c(C)nn(C)c1C. The van der Waals surface area contributed by atoms with E-state index in [1.807, 2.05) is 23.9 Å². The summed E-state index contributed by atoms with van der Waals surface area (Å²) in [6, 6.07) is 6.90. The lowest BCUT2D eigenvalue weighted by Gasteiger charge is -2.18. The number of nitrogens with one attached hydrogen (secondary N) is 2. The molecule has 1 unspecified atom stereocenters. The van der Waals surface area contributed by atoms with Gasteiger partial charge in [0.2, 0.25) is 0 Å². The molecule has 2 N–H and O–H groups in total. The van der Waals surface area contributed by atoms with Crippen molar-refractivity contribution in [1.29, 1.82) is 0 Å². The summed E-state index contributed by atoms with van der Waals surface area (Å²) in [7, 11) is 1.99. The summed E-state index contributed by atoms with van der Waals surface area (Å²) >= 11 is 1.73. The number of aromatic nitrogens is 2. The molecule has 154 valence electrons. The van der Waals surface area contributed by atoms with Crippen molar-refractivity contribution in [3.63, 3.8) is 0 Å². The highest BCUT2D eigenvalue weighted by atomic mass is 32.2. The van der Waals surface area contributed by atoms with Gasteiger partial charge in [-0.1, -0.05) is 0 Å². The molecule has 5 nitrogen and oxygen atoms in total. The van der Waals surface area contributed by atoms with Gasteiger partial charge in [0, 0.05) is 36.8 Å². The smallest absolute Gasteiger partial charge is 0.191 e. The summed E-state index contributed by atoms with van der Waals surface area (Å²) in [5, 5.41) is 11.3. The Balaban J connectivity index is 1.81. The van der Waals surface area contributed by atoms with Gasteiger partial charge < -0.3 is 10.6 Å². The van der Waals surface area contributed by atoms with Crippen molar-refractivity contribution >= 4 is 17.7 Å². The van der Waals surface area contributed by atoms with E-state index in [2.05, 4.69) is 43.4 Å². The minimum absolute atomic E-state index is 0.193. The maximum Gasteiger partial charge on any atom is 0.191 e. The second-order valence-electron chi connectivity index (χ2n) is 6.94. The Labute approximate surface area is 172 Å². The Morgan fingerprint density at radius 2 is 2.00 bits per heavy atom. The maximum absolute atomic E-state index is 12.9. The van der Waals surface area contributed by atoms with Gasteiger partial charge in [-0.25, -0.2) is 4.39 Å². The number of benzene rings is 1. The first-order valence-corrected chi connectivity index (χ1v) is 10.8. The number of aryl methyl sites for hydroxylation is 2. The Bertz CT molecular complexity index is 770. The standard InChI is InChI=1S/C21H32FN5S/c1-6-23-21(24-12-7-13-28-19-10-8-18(22)9-11-19)25-15(2)14-20-16(3)26-27(5)17(20)4/h8-11,15H,6-7,12-14H2,1-5H3,(H2,23,24,25). The minimum atomic E-state index is -0.193. The number of rotatable bonds is 9. The topological polar surface area (TPSA) is 54.2 Å². The van der Waals surface area contributed by atoms with Crippen LogP contribution in [0.5, 0.6) is 0 Å². The van der Waals surface area contributed by atoms with Gasteiger partial charge in [-0.2, -0.15) is 5.10 Å². The fourth-order valence-electron chi connectivity index (χ4n) is 3.00. The molecule has 1 atom stereocenters. The van der Waals surface area contributed by atoms with Crippen molar-refractivity contribution in [2.75, 3.05) is 18.8 Å². The van der Waals surface area contributed by atoms with Gasteiger partial charge in [-0.15, -0.1) is 11.8 Å². The van der Waals surface area contributed by atoms with Gasteiger partial charge in [0.25, 0.3) is 0 Å². The second-order valence-corrected chi connectivity index (χ2v) is 8.11. The van der Waals surface area contributed by atoms with Crippen molar-refractivity contribution in [3.8, 4) is 0 Å². The average Bonchev–Trinajstić information content (AvgIpc) is 2.89. The fraction of sp³-hybridized carbons (Fsp3) is 0.524. The molecule has 0 aliphatic heterocycles. The normalized spacial score (nSPS) is 12.9. The molecule has 0 bridgehead atoms. The van der Waals surface area contributed by atoms with E-state index in [0.29, 0.717) is 0 Å². The zero-order valence-corrected chi connectivity index (χ0v) is 18.4. The van der Waals surface area contributed by atoms with E-state index in [-0.39, 0.29) is 11.9 Å². The molecule has 0 amide bonds. The minimum Gasteiger partial charge on any atom is -0.357 e. The molecule has 2 rings (SSSR count). The van der Waals surface area contributed by atoms with Gasteiger partial charge in [-0.3, -0.25) is 9.67 Å². The van der Waals surface area contributed by atoms with Crippen molar-refractivity contribution in [3.05, 3.63) is 47.0 Å². The molecule has 1 aromatic carbocycles. The third kappa shape index (κ3) is 6.86. The summed E-state index contributed by atoms with van der Waals surface area (Å²) < 4.78 is 14.9. The molecular formula is C21H32FN5S. The van der Waals surface area contributed by atoms with Gasteiger partial charge in [0.1, 0.15) is 5.82 Å². The van der Waals surface area contributed by atoms with Crippen LogP contribution in [0.25, 0.3) is 0 Å². The van der Waals surface area contributed by atoms with E-state index in [0.717, 1.165) is 48.2 Å². The molecule has 1 aromatic heterocycles. The number of aliphatic imine (C=N–C) groups is 1. The predicted molar refractivity (Wildman–Crippen MR) is 117 cm³/mol. The molecule has 28 heavy (non-hydrogen) atoms. The molecule has 0 fully saturated rings. The highest BCUT2D eigenvalue weighted by molar-refractivity contribution is 7.99. The Kier molecular flexibility index (Phi) is 8.83. The summed E-state index contributed by atoms with van der Waals surface area (Å²) in [6.07, 6.45) is 1.88. The van der Waals surface area contributed by atoms with Crippen molar-refractivity contribution in [2.45, 2.75) is 51.5 Å². The molecule has 0 radical (unpaired) electrons. The van der Waals surface area contributed by atoms with Crippen LogP contribution in [0.1, 0.15) is 37.2 Å². The van der Waals surface area contributed by atoms with Crippen molar-refractivity contribution < 1.29 is 4.39 Å². The van der Waals surface area contributed by atoms with Gasteiger partial charge in [0.15, 0.2) is 5.96 Å². The van der Waals surface area contributed by atoms with Crippen LogP contribution in [0.15, 0.2) is 34.2 Å². The number of halogens is 1. The highest BCUT2D eigenvalue weighted by Crippen LogP contribution is 2.18. The lowest BCUT2D eigenvalue weighted by atomic mass is 10.1. The van der Waals surface area contributed by atoms with Crippen LogP contribution in [0.3, 0.4) is 0 Å². The molecular weight excluding hydrogens is 373 g/mol. The molecule has 0 aliphatic rings. The summed E-state index contributed by atoms with van der Waals surface area (Å²) in [6.45, 7) is 9.99. The first kappa shape index (κ1) is 22.3. The van der Waals surface area contributed by atoms with Crippen LogP contribution >= 0.6 is 11.8 Å². The summed E-state index contributed by atoms with van der Waals surface area (Å²) in [5.41, 5.74) is 3.60. The first-order valence-electron chi connectivity index (χ1n) is 9.83. The molecule has 0 saturated heterocycles.